The van der Waals surface area contributed by atoms with Gasteiger partial charge in [0.25, 0.3) is 0 Å². The van der Waals surface area contributed by atoms with E-state index >= 15 is 0 Å². The van der Waals surface area contributed by atoms with Crippen molar-refractivity contribution in [3.63, 3.8) is 0 Å². The minimum absolute atomic E-state index is 0.587. The van der Waals surface area contributed by atoms with Crippen LogP contribution >= 0.6 is 0 Å². The highest BCUT2D eigenvalue weighted by Crippen LogP contribution is 2.27. The van der Waals surface area contributed by atoms with Crippen molar-refractivity contribution in [2.75, 3.05) is 6.61 Å². The number of aromatic nitrogens is 4. The Labute approximate surface area is 132 Å². The SMILES string of the molecule is CCOc1ccc(-c2nc3cc(-n4cnnc4)ccc3o2)cc1. The van der Waals surface area contributed by atoms with Crippen molar-refractivity contribution in [2.45, 2.75) is 6.92 Å². The third-order valence-corrected chi connectivity index (χ3v) is 3.50. The lowest BCUT2D eigenvalue weighted by Gasteiger charge is -2.02. The van der Waals surface area contributed by atoms with Gasteiger partial charge in [-0.15, -0.1) is 10.2 Å². The molecule has 4 rings (SSSR count). The molecule has 2 aromatic heterocycles. The molecule has 0 spiro atoms. The largest absolute Gasteiger partial charge is 0.494 e. The predicted octanol–water partition coefficient (Wildman–Crippen LogP) is 3.47. The molecule has 6 heteroatoms. The predicted molar refractivity (Wildman–Crippen MR) is 85.5 cm³/mol. The van der Waals surface area contributed by atoms with Gasteiger partial charge in [-0.05, 0) is 49.4 Å². The Morgan fingerprint density at radius 2 is 1.83 bits per heavy atom. The fraction of sp³-hybridized carbons (Fsp3) is 0.118. The zero-order chi connectivity index (χ0) is 15.6. The standard InChI is InChI=1S/C17H14N4O2/c1-2-22-14-6-3-12(4-7-14)17-20-15-9-13(5-8-16(15)23-17)21-10-18-19-11-21/h3-11H,2H2,1H3. The van der Waals surface area contributed by atoms with E-state index in [2.05, 4.69) is 15.2 Å². The third kappa shape index (κ3) is 2.55. The minimum atomic E-state index is 0.587. The first-order chi connectivity index (χ1) is 11.3. The number of hydrogen-bond acceptors (Lipinski definition) is 5. The van der Waals surface area contributed by atoms with E-state index in [4.69, 9.17) is 9.15 Å². The molecule has 0 unspecified atom stereocenters. The van der Waals surface area contributed by atoms with Crippen molar-refractivity contribution in [3.8, 4) is 22.9 Å². The van der Waals surface area contributed by atoms with E-state index in [1.165, 1.54) is 0 Å². The van der Waals surface area contributed by atoms with E-state index in [0.29, 0.717) is 12.5 Å². The highest BCUT2D eigenvalue weighted by Gasteiger charge is 2.09. The van der Waals surface area contributed by atoms with Crippen LogP contribution in [0.4, 0.5) is 0 Å². The summed E-state index contributed by atoms with van der Waals surface area (Å²) >= 11 is 0. The summed E-state index contributed by atoms with van der Waals surface area (Å²) in [4.78, 5) is 4.57. The van der Waals surface area contributed by atoms with E-state index in [0.717, 1.165) is 28.1 Å². The molecule has 0 radical (unpaired) electrons. The normalized spacial score (nSPS) is 11.0. The molecular formula is C17H14N4O2. The summed E-state index contributed by atoms with van der Waals surface area (Å²) < 4.78 is 13.1. The molecule has 23 heavy (non-hydrogen) atoms. The summed E-state index contributed by atoms with van der Waals surface area (Å²) in [5, 5.41) is 7.62. The molecule has 114 valence electrons. The van der Waals surface area contributed by atoms with Gasteiger partial charge in [-0.25, -0.2) is 4.98 Å². The van der Waals surface area contributed by atoms with Gasteiger partial charge in [0.15, 0.2) is 5.58 Å². The van der Waals surface area contributed by atoms with Gasteiger partial charge in [0, 0.05) is 5.56 Å². The average molecular weight is 306 g/mol. The molecule has 0 atom stereocenters. The number of ether oxygens (including phenoxy) is 1. The Hall–Kier alpha value is -3.15. The lowest BCUT2D eigenvalue weighted by Crippen LogP contribution is -1.90. The molecule has 0 aliphatic heterocycles. The first kappa shape index (κ1) is 13.5. The molecule has 0 aliphatic rings. The minimum Gasteiger partial charge on any atom is -0.494 e. The second-order valence-electron chi connectivity index (χ2n) is 5.00. The second-order valence-corrected chi connectivity index (χ2v) is 5.00. The van der Waals surface area contributed by atoms with E-state index in [1.807, 2.05) is 54.0 Å². The van der Waals surface area contributed by atoms with Crippen LogP contribution in [0.15, 0.2) is 59.5 Å². The molecule has 0 saturated heterocycles. The van der Waals surface area contributed by atoms with Gasteiger partial charge >= 0.3 is 0 Å². The molecule has 6 nitrogen and oxygen atoms in total. The van der Waals surface area contributed by atoms with Crippen LogP contribution in [0.25, 0.3) is 28.2 Å². The van der Waals surface area contributed by atoms with Crippen LogP contribution in [-0.4, -0.2) is 26.4 Å². The zero-order valence-electron chi connectivity index (χ0n) is 12.5. The monoisotopic (exact) mass is 306 g/mol. The van der Waals surface area contributed by atoms with Crippen molar-refractivity contribution in [2.24, 2.45) is 0 Å². The topological polar surface area (TPSA) is 66.0 Å². The molecule has 0 saturated carbocycles. The highest BCUT2D eigenvalue weighted by molar-refractivity contribution is 5.78. The van der Waals surface area contributed by atoms with Crippen LogP contribution in [0.2, 0.25) is 0 Å². The molecule has 0 amide bonds. The van der Waals surface area contributed by atoms with E-state index in [1.54, 1.807) is 12.7 Å². The number of oxazole rings is 1. The third-order valence-electron chi connectivity index (χ3n) is 3.50. The van der Waals surface area contributed by atoms with Gasteiger partial charge in [-0.2, -0.15) is 0 Å². The molecule has 2 heterocycles. The zero-order valence-corrected chi connectivity index (χ0v) is 12.5. The summed E-state index contributed by atoms with van der Waals surface area (Å²) in [5.41, 5.74) is 3.38. The van der Waals surface area contributed by atoms with Crippen molar-refractivity contribution in [3.05, 3.63) is 55.1 Å². The van der Waals surface area contributed by atoms with Gasteiger partial charge in [0.05, 0.1) is 12.3 Å². The van der Waals surface area contributed by atoms with Crippen LogP contribution < -0.4 is 4.74 Å². The number of rotatable bonds is 4. The quantitative estimate of drug-likeness (QED) is 0.577. The summed E-state index contributed by atoms with van der Waals surface area (Å²) in [6, 6.07) is 13.5. The Kier molecular flexibility index (Phi) is 3.27. The van der Waals surface area contributed by atoms with Crippen molar-refractivity contribution >= 4 is 11.1 Å². The average Bonchev–Trinajstić information content (AvgIpc) is 3.24. The molecular weight excluding hydrogens is 292 g/mol. The molecule has 0 bridgehead atoms. The number of nitrogens with zero attached hydrogens (tertiary/aromatic N) is 4. The Morgan fingerprint density at radius 1 is 1.04 bits per heavy atom. The first-order valence-electron chi connectivity index (χ1n) is 7.32. The van der Waals surface area contributed by atoms with E-state index in [9.17, 15) is 0 Å². The van der Waals surface area contributed by atoms with Crippen LogP contribution in [0.5, 0.6) is 5.75 Å². The number of fused-ring (bicyclic) bond motifs is 1. The van der Waals surface area contributed by atoms with Gasteiger partial charge in [0.1, 0.15) is 23.9 Å². The lowest BCUT2D eigenvalue weighted by molar-refractivity contribution is 0.340. The highest BCUT2D eigenvalue weighted by atomic mass is 16.5. The Bertz CT molecular complexity index is 927. The van der Waals surface area contributed by atoms with Crippen LogP contribution in [-0.2, 0) is 0 Å². The van der Waals surface area contributed by atoms with Gasteiger partial charge < -0.3 is 9.15 Å². The summed E-state index contributed by atoms with van der Waals surface area (Å²) in [5.74, 6) is 1.42. The van der Waals surface area contributed by atoms with Gasteiger partial charge in [-0.3, -0.25) is 4.57 Å². The summed E-state index contributed by atoms with van der Waals surface area (Å²) in [6.07, 6.45) is 3.29. The lowest BCUT2D eigenvalue weighted by atomic mass is 10.2. The maximum atomic E-state index is 5.83. The van der Waals surface area contributed by atoms with E-state index < -0.39 is 0 Å². The number of hydrogen-bond donors (Lipinski definition) is 0. The van der Waals surface area contributed by atoms with Crippen molar-refractivity contribution < 1.29 is 9.15 Å². The molecule has 0 N–H and O–H groups in total. The molecule has 4 aromatic rings. The molecule has 0 aliphatic carbocycles. The first-order valence-corrected chi connectivity index (χ1v) is 7.32. The Balaban J connectivity index is 1.71. The van der Waals surface area contributed by atoms with Crippen LogP contribution in [0.3, 0.4) is 0 Å². The molecule has 2 aromatic carbocycles. The van der Waals surface area contributed by atoms with Crippen LogP contribution in [0.1, 0.15) is 6.92 Å². The fourth-order valence-corrected chi connectivity index (χ4v) is 2.39. The number of benzene rings is 2. The van der Waals surface area contributed by atoms with Crippen LogP contribution in [0, 0.1) is 0 Å². The summed E-state index contributed by atoms with van der Waals surface area (Å²) in [6.45, 7) is 2.61. The fourth-order valence-electron chi connectivity index (χ4n) is 2.39. The van der Waals surface area contributed by atoms with E-state index in [-0.39, 0.29) is 0 Å². The summed E-state index contributed by atoms with van der Waals surface area (Å²) in [7, 11) is 0. The second kappa shape index (κ2) is 5.57. The van der Waals surface area contributed by atoms with Crippen molar-refractivity contribution in [1.29, 1.82) is 0 Å². The smallest absolute Gasteiger partial charge is 0.227 e. The maximum Gasteiger partial charge on any atom is 0.227 e. The van der Waals surface area contributed by atoms with Gasteiger partial charge in [-0.1, -0.05) is 0 Å². The molecule has 0 fully saturated rings. The maximum absolute atomic E-state index is 5.83. The van der Waals surface area contributed by atoms with Crippen molar-refractivity contribution in [1.82, 2.24) is 19.7 Å². The Morgan fingerprint density at radius 3 is 2.57 bits per heavy atom. The van der Waals surface area contributed by atoms with Gasteiger partial charge in [0.2, 0.25) is 5.89 Å².